The summed E-state index contributed by atoms with van der Waals surface area (Å²) in [6.07, 6.45) is 0. The van der Waals surface area contributed by atoms with Crippen LogP contribution in [0.5, 0.6) is 0 Å². The average Bonchev–Trinajstić information content (AvgIpc) is 3.04. The second-order valence-electron chi connectivity index (χ2n) is 10.3. The molecule has 0 aromatic heterocycles. The molecule has 0 saturated carbocycles. The molecule has 1 radical (unpaired) electrons. The van der Waals surface area contributed by atoms with E-state index in [4.69, 9.17) is 0 Å². The van der Waals surface area contributed by atoms with E-state index in [1.54, 1.807) is 0 Å². The van der Waals surface area contributed by atoms with E-state index in [-0.39, 0.29) is 32.7 Å². The first kappa shape index (κ1) is 25.8. The van der Waals surface area contributed by atoms with Crippen LogP contribution in [0.2, 0.25) is 0 Å². The van der Waals surface area contributed by atoms with Crippen molar-refractivity contribution in [2.75, 3.05) is 0 Å². The van der Waals surface area contributed by atoms with Crippen LogP contribution in [0, 0.1) is 12.1 Å². The summed E-state index contributed by atoms with van der Waals surface area (Å²) in [5.41, 5.74) is 7.11. The molecule has 0 saturated heterocycles. The minimum atomic E-state index is 0. The minimum Gasteiger partial charge on any atom is -0.226 e. The molecule has 0 aliphatic rings. The standard InChI is InChI=1S/C40H24.Y/c1-2-13-27(14-3-1)28-16-12-17-30(25-28)39-34-21-8-10-23-36(34)40(37-24-11-9-22-35(37)39)38-26-29-15-4-5-18-31(29)32-19-6-7-20-33(32)38;/h1-13,15,17-26H;/q-2;. The molecule has 0 bridgehead atoms. The zero-order chi connectivity index (χ0) is 26.5. The van der Waals surface area contributed by atoms with E-state index in [0.717, 1.165) is 11.1 Å². The van der Waals surface area contributed by atoms with Gasteiger partial charge in [0.15, 0.2) is 0 Å². The Morgan fingerprint density at radius 3 is 1.56 bits per heavy atom. The van der Waals surface area contributed by atoms with E-state index in [1.807, 2.05) is 18.2 Å². The van der Waals surface area contributed by atoms with Gasteiger partial charge < -0.3 is 0 Å². The van der Waals surface area contributed by atoms with Crippen LogP contribution in [0.25, 0.3) is 76.5 Å². The van der Waals surface area contributed by atoms with Crippen LogP contribution in [-0.4, -0.2) is 0 Å². The Bertz CT molecular complexity index is 2150. The van der Waals surface area contributed by atoms with Gasteiger partial charge in [0.25, 0.3) is 0 Å². The van der Waals surface area contributed by atoms with Gasteiger partial charge in [-0.1, -0.05) is 97.1 Å². The molecule has 0 amide bonds. The van der Waals surface area contributed by atoms with Crippen molar-refractivity contribution < 1.29 is 32.7 Å². The van der Waals surface area contributed by atoms with Crippen molar-refractivity contribution in [3.63, 3.8) is 0 Å². The maximum atomic E-state index is 3.43. The van der Waals surface area contributed by atoms with Crippen molar-refractivity contribution in [3.8, 4) is 33.4 Å². The molecule has 0 atom stereocenters. The zero-order valence-corrected chi connectivity index (χ0v) is 25.3. The zero-order valence-electron chi connectivity index (χ0n) is 22.4. The molecule has 41 heavy (non-hydrogen) atoms. The van der Waals surface area contributed by atoms with Crippen molar-refractivity contribution >= 4 is 43.1 Å². The van der Waals surface area contributed by atoms with Gasteiger partial charge in [-0.3, -0.25) is 0 Å². The van der Waals surface area contributed by atoms with Crippen molar-refractivity contribution in [1.82, 2.24) is 0 Å². The summed E-state index contributed by atoms with van der Waals surface area (Å²) in [7, 11) is 0. The van der Waals surface area contributed by atoms with Crippen molar-refractivity contribution in [3.05, 3.63) is 158 Å². The normalized spacial score (nSPS) is 11.2. The van der Waals surface area contributed by atoms with Gasteiger partial charge in [-0.2, -0.15) is 42.5 Å². The molecule has 8 aromatic rings. The smallest absolute Gasteiger partial charge is 0 e. The van der Waals surface area contributed by atoms with Gasteiger partial charge in [0.2, 0.25) is 0 Å². The average molecular weight is 594 g/mol. The Morgan fingerprint density at radius 1 is 0.366 bits per heavy atom. The SMILES string of the molecule is [Y].[c-]1ccccc1-c1[c-]ccc(-c2c3ccccc3c(-c3cc4ccccc4c4ccccc34)c3ccccc23)c1. The summed E-state index contributed by atoms with van der Waals surface area (Å²) in [6, 6.07) is 59.1. The van der Waals surface area contributed by atoms with Crippen molar-refractivity contribution in [1.29, 1.82) is 0 Å². The van der Waals surface area contributed by atoms with E-state index in [1.165, 1.54) is 65.3 Å². The maximum Gasteiger partial charge on any atom is 0 e. The molecule has 0 aliphatic heterocycles. The van der Waals surface area contributed by atoms with E-state index in [9.17, 15) is 0 Å². The van der Waals surface area contributed by atoms with Gasteiger partial charge in [0.05, 0.1) is 0 Å². The molecule has 189 valence electrons. The molecule has 0 N–H and O–H groups in total. The largest absolute Gasteiger partial charge is 0.226 e. The number of fused-ring (bicyclic) bond motifs is 5. The fraction of sp³-hybridized carbons (Fsp3) is 0. The topological polar surface area (TPSA) is 0 Å². The number of rotatable bonds is 3. The van der Waals surface area contributed by atoms with Crippen LogP contribution in [-0.2, 0) is 32.7 Å². The van der Waals surface area contributed by atoms with Gasteiger partial charge >= 0.3 is 0 Å². The first-order chi connectivity index (χ1) is 19.9. The summed E-state index contributed by atoms with van der Waals surface area (Å²) >= 11 is 0. The van der Waals surface area contributed by atoms with Gasteiger partial charge in [0.1, 0.15) is 0 Å². The molecule has 0 nitrogen and oxygen atoms in total. The first-order valence-electron chi connectivity index (χ1n) is 13.7. The van der Waals surface area contributed by atoms with Crippen LogP contribution >= 0.6 is 0 Å². The molecule has 0 spiro atoms. The van der Waals surface area contributed by atoms with Gasteiger partial charge in [0, 0.05) is 32.7 Å². The Labute approximate surface area is 265 Å². The molecule has 1 heteroatoms. The summed E-state index contributed by atoms with van der Waals surface area (Å²) in [4.78, 5) is 0. The summed E-state index contributed by atoms with van der Waals surface area (Å²) in [5, 5.41) is 10.1. The number of hydrogen-bond donors (Lipinski definition) is 0. The molecule has 0 heterocycles. The van der Waals surface area contributed by atoms with Crippen LogP contribution in [0.4, 0.5) is 0 Å². The summed E-state index contributed by atoms with van der Waals surface area (Å²) in [6.45, 7) is 0. The van der Waals surface area contributed by atoms with Crippen molar-refractivity contribution in [2.45, 2.75) is 0 Å². The summed E-state index contributed by atoms with van der Waals surface area (Å²) in [5.74, 6) is 0. The third-order valence-corrected chi connectivity index (χ3v) is 8.06. The Morgan fingerprint density at radius 2 is 0.902 bits per heavy atom. The third-order valence-electron chi connectivity index (χ3n) is 8.06. The van der Waals surface area contributed by atoms with E-state index in [2.05, 4.69) is 140 Å². The van der Waals surface area contributed by atoms with E-state index < -0.39 is 0 Å². The molecule has 0 fully saturated rings. The predicted octanol–water partition coefficient (Wildman–Crippen LogP) is 10.9. The third kappa shape index (κ3) is 4.31. The second-order valence-corrected chi connectivity index (χ2v) is 10.3. The Kier molecular flexibility index (Phi) is 6.75. The van der Waals surface area contributed by atoms with Crippen LogP contribution < -0.4 is 0 Å². The maximum absolute atomic E-state index is 3.43. The predicted molar refractivity (Wildman–Crippen MR) is 170 cm³/mol. The molecular formula is C40H24Y-2. The molecule has 8 rings (SSSR count). The molecule has 0 unspecified atom stereocenters. The Balaban J connectivity index is 0.00000276. The monoisotopic (exact) mass is 593 g/mol. The number of benzene rings is 8. The van der Waals surface area contributed by atoms with Gasteiger partial charge in [-0.25, -0.2) is 11.1 Å². The number of hydrogen-bond acceptors (Lipinski definition) is 0. The van der Waals surface area contributed by atoms with Crippen LogP contribution in [0.1, 0.15) is 0 Å². The van der Waals surface area contributed by atoms with Crippen molar-refractivity contribution in [2.24, 2.45) is 0 Å². The van der Waals surface area contributed by atoms with E-state index >= 15 is 0 Å². The molecule has 0 aliphatic carbocycles. The van der Waals surface area contributed by atoms with E-state index in [0.29, 0.717) is 0 Å². The molecular weight excluding hydrogens is 569 g/mol. The first-order valence-corrected chi connectivity index (χ1v) is 13.7. The minimum absolute atomic E-state index is 0. The quantitative estimate of drug-likeness (QED) is 0.109. The van der Waals surface area contributed by atoms with Crippen LogP contribution in [0.15, 0.2) is 146 Å². The van der Waals surface area contributed by atoms with Gasteiger partial charge in [-0.15, -0.1) is 17.7 Å². The summed E-state index contributed by atoms with van der Waals surface area (Å²) < 4.78 is 0. The van der Waals surface area contributed by atoms with Gasteiger partial charge in [-0.05, 0) is 65.8 Å². The Hall–Kier alpha value is -4.10. The van der Waals surface area contributed by atoms with Crippen LogP contribution in [0.3, 0.4) is 0 Å². The second kappa shape index (κ2) is 10.7. The molecule has 8 aromatic carbocycles. The fourth-order valence-electron chi connectivity index (χ4n) is 6.33. The fourth-order valence-corrected chi connectivity index (χ4v) is 6.33.